The Labute approximate surface area is 124 Å². The maximum atomic E-state index is 12.0. The van der Waals surface area contributed by atoms with Crippen LogP contribution in [0.1, 0.15) is 12.5 Å². The van der Waals surface area contributed by atoms with Crippen LogP contribution in [0, 0.1) is 12.8 Å². The molecule has 0 radical (unpaired) electrons. The van der Waals surface area contributed by atoms with E-state index in [1.54, 1.807) is 31.2 Å². The molecule has 1 aliphatic rings. The first kappa shape index (κ1) is 15.0. The van der Waals surface area contributed by atoms with Gasteiger partial charge < -0.3 is 5.11 Å². The molecule has 1 aromatic rings. The minimum atomic E-state index is -0.801. The van der Waals surface area contributed by atoms with Crippen molar-refractivity contribution in [3.05, 3.63) is 54.1 Å². The van der Waals surface area contributed by atoms with Crippen LogP contribution in [0.15, 0.2) is 53.6 Å². The maximum absolute atomic E-state index is 12.0. The number of aliphatic imine (C=N–C) groups is 1. The number of amidine groups is 1. The van der Waals surface area contributed by atoms with E-state index in [1.807, 2.05) is 31.2 Å². The summed E-state index contributed by atoms with van der Waals surface area (Å²) in [6, 6.07) is 7.73. The molecular formula is C16H19N3O2. The summed E-state index contributed by atoms with van der Waals surface area (Å²) in [5.41, 5.74) is 7.22. The lowest BCUT2D eigenvalue weighted by atomic mass is 9.97. The first-order valence-corrected chi connectivity index (χ1v) is 6.78. The van der Waals surface area contributed by atoms with E-state index in [-0.39, 0.29) is 5.91 Å². The van der Waals surface area contributed by atoms with Crippen LogP contribution in [0.5, 0.6) is 0 Å². The average molecular weight is 285 g/mol. The van der Waals surface area contributed by atoms with Crippen molar-refractivity contribution in [3.63, 3.8) is 0 Å². The van der Waals surface area contributed by atoms with Crippen molar-refractivity contribution in [2.45, 2.75) is 20.0 Å². The minimum Gasteiger partial charge on any atom is -0.388 e. The maximum Gasteiger partial charge on any atom is 0.248 e. The van der Waals surface area contributed by atoms with E-state index >= 15 is 0 Å². The fraction of sp³-hybridized carbons (Fsp3) is 0.250. The van der Waals surface area contributed by atoms with E-state index in [0.29, 0.717) is 5.84 Å². The summed E-state index contributed by atoms with van der Waals surface area (Å²) >= 11 is 0. The van der Waals surface area contributed by atoms with Crippen molar-refractivity contribution < 1.29 is 9.90 Å². The van der Waals surface area contributed by atoms with Gasteiger partial charge in [-0.15, -0.1) is 0 Å². The highest BCUT2D eigenvalue weighted by Crippen LogP contribution is 2.17. The Kier molecular flexibility index (Phi) is 4.90. The van der Waals surface area contributed by atoms with Gasteiger partial charge in [-0.3, -0.25) is 15.6 Å². The molecule has 2 rings (SSSR count). The highest BCUT2D eigenvalue weighted by Gasteiger charge is 2.23. The molecule has 21 heavy (non-hydrogen) atoms. The van der Waals surface area contributed by atoms with Crippen LogP contribution in [0.25, 0.3) is 0 Å². The van der Waals surface area contributed by atoms with Crippen molar-refractivity contribution in [2.24, 2.45) is 10.9 Å². The molecule has 0 fully saturated rings. The molecule has 0 saturated carbocycles. The number of aliphatic hydroxyl groups excluding tert-OH is 1. The number of aliphatic hydroxyl groups is 1. The summed E-state index contributed by atoms with van der Waals surface area (Å²) in [4.78, 5) is 16.3. The summed E-state index contributed by atoms with van der Waals surface area (Å²) in [7, 11) is 0. The number of hydrogen-bond donors (Lipinski definition) is 3. The van der Waals surface area contributed by atoms with Gasteiger partial charge in [-0.2, -0.15) is 0 Å². The molecule has 2 unspecified atom stereocenters. The smallest absolute Gasteiger partial charge is 0.248 e. The van der Waals surface area contributed by atoms with Crippen molar-refractivity contribution in [1.29, 1.82) is 0 Å². The van der Waals surface area contributed by atoms with Crippen molar-refractivity contribution >= 4 is 17.4 Å². The molecule has 110 valence electrons. The van der Waals surface area contributed by atoms with Gasteiger partial charge in [-0.1, -0.05) is 42.5 Å². The lowest BCUT2D eigenvalue weighted by Crippen LogP contribution is -2.46. The summed E-state index contributed by atoms with van der Waals surface area (Å²) in [6.07, 6.45) is 5.90. The van der Waals surface area contributed by atoms with E-state index in [1.165, 1.54) is 0 Å². The number of aryl methyl sites for hydroxylation is 1. The Morgan fingerprint density at radius 1 is 1.19 bits per heavy atom. The predicted molar refractivity (Wildman–Crippen MR) is 83.0 cm³/mol. The Hall–Kier alpha value is -2.40. The van der Waals surface area contributed by atoms with Gasteiger partial charge in [0.2, 0.25) is 5.91 Å². The van der Waals surface area contributed by atoms with Crippen molar-refractivity contribution in [1.82, 2.24) is 10.9 Å². The number of hydrogen-bond acceptors (Lipinski definition) is 3. The SMILES string of the molecule is CC(=Nc1ccccc1C)NNC(=O)C1C=CC=CC1O. The largest absolute Gasteiger partial charge is 0.388 e. The topological polar surface area (TPSA) is 73.7 Å². The van der Waals surface area contributed by atoms with Gasteiger partial charge in [0.25, 0.3) is 0 Å². The number of para-hydroxylation sites is 1. The predicted octanol–water partition coefficient (Wildman–Crippen LogP) is 1.77. The Morgan fingerprint density at radius 2 is 1.90 bits per heavy atom. The quantitative estimate of drug-likeness (QED) is 0.440. The van der Waals surface area contributed by atoms with Crippen LogP contribution in [-0.2, 0) is 4.79 Å². The number of amides is 1. The second-order valence-corrected chi connectivity index (χ2v) is 4.88. The first-order chi connectivity index (χ1) is 10.1. The molecule has 2 atom stereocenters. The van der Waals surface area contributed by atoms with Gasteiger partial charge in [-0.25, -0.2) is 4.99 Å². The molecule has 3 N–H and O–H groups in total. The molecule has 1 amide bonds. The zero-order valence-electron chi connectivity index (χ0n) is 12.1. The number of rotatable bonds is 2. The average Bonchev–Trinajstić information content (AvgIpc) is 2.48. The van der Waals surface area contributed by atoms with Gasteiger partial charge in [0.15, 0.2) is 0 Å². The molecule has 1 aliphatic carbocycles. The Morgan fingerprint density at radius 3 is 2.62 bits per heavy atom. The van der Waals surface area contributed by atoms with Crippen LogP contribution in [0.2, 0.25) is 0 Å². The van der Waals surface area contributed by atoms with E-state index < -0.39 is 12.0 Å². The molecule has 1 aromatic carbocycles. The standard InChI is InChI=1S/C16H19N3O2/c1-11-7-3-5-9-14(11)17-12(2)18-19-16(21)13-8-4-6-10-15(13)20/h3-10,13,15,20H,1-2H3,(H,17,18)(H,19,21). The molecular weight excluding hydrogens is 266 g/mol. The first-order valence-electron chi connectivity index (χ1n) is 6.78. The summed E-state index contributed by atoms with van der Waals surface area (Å²) in [6.45, 7) is 3.74. The molecule has 0 bridgehead atoms. The molecule has 0 saturated heterocycles. The molecule has 0 heterocycles. The number of benzene rings is 1. The summed E-state index contributed by atoms with van der Waals surface area (Å²) in [5, 5.41) is 9.72. The van der Waals surface area contributed by atoms with Gasteiger partial charge in [0.05, 0.1) is 17.7 Å². The van der Waals surface area contributed by atoms with Gasteiger partial charge in [-0.05, 0) is 25.5 Å². The lowest BCUT2D eigenvalue weighted by Gasteiger charge is -2.19. The van der Waals surface area contributed by atoms with Crippen molar-refractivity contribution in [2.75, 3.05) is 0 Å². The van der Waals surface area contributed by atoms with Crippen LogP contribution in [0.3, 0.4) is 0 Å². The van der Waals surface area contributed by atoms with E-state index in [2.05, 4.69) is 15.8 Å². The van der Waals surface area contributed by atoms with E-state index in [9.17, 15) is 9.90 Å². The van der Waals surface area contributed by atoms with Crippen LogP contribution in [0.4, 0.5) is 5.69 Å². The van der Waals surface area contributed by atoms with Crippen LogP contribution in [-0.4, -0.2) is 23.0 Å². The molecule has 5 heteroatoms. The number of nitrogens with zero attached hydrogens (tertiary/aromatic N) is 1. The number of allylic oxidation sites excluding steroid dienone is 2. The number of hydrazine groups is 1. The van der Waals surface area contributed by atoms with Crippen molar-refractivity contribution in [3.8, 4) is 0 Å². The number of carbonyl (C=O) groups is 1. The normalized spacial score (nSPS) is 21.2. The third-order valence-corrected chi connectivity index (χ3v) is 3.18. The highest BCUT2D eigenvalue weighted by molar-refractivity contribution is 5.87. The Balaban J connectivity index is 1.93. The zero-order valence-corrected chi connectivity index (χ0v) is 12.1. The fourth-order valence-corrected chi connectivity index (χ4v) is 1.97. The Bertz CT molecular complexity index is 605. The number of carbonyl (C=O) groups excluding carboxylic acids is 1. The third-order valence-electron chi connectivity index (χ3n) is 3.18. The van der Waals surface area contributed by atoms with Crippen LogP contribution < -0.4 is 10.9 Å². The highest BCUT2D eigenvalue weighted by atomic mass is 16.3. The van der Waals surface area contributed by atoms with Gasteiger partial charge in [0.1, 0.15) is 5.84 Å². The molecule has 0 aliphatic heterocycles. The summed E-state index contributed by atoms with van der Waals surface area (Å²) < 4.78 is 0. The summed E-state index contributed by atoms with van der Waals surface area (Å²) in [5.74, 6) is -0.321. The monoisotopic (exact) mass is 285 g/mol. The zero-order chi connectivity index (χ0) is 15.2. The van der Waals surface area contributed by atoms with Gasteiger partial charge in [0, 0.05) is 0 Å². The minimum absolute atomic E-state index is 0.303. The second kappa shape index (κ2) is 6.85. The van der Waals surface area contributed by atoms with Crippen LogP contribution >= 0.6 is 0 Å². The number of nitrogens with one attached hydrogen (secondary N) is 2. The van der Waals surface area contributed by atoms with Gasteiger partial charge >= 0.3 is 0 Å². The van der Waals surface area contributed by atoms with E-state index in [4.69, 9.17) is 0 Å². The molecule has 0 aromatic heterocycles. The second-order valence-electron chi connectivity index (χ2n) is 4.88. The third kappa shape index (κ3) is 4.03. The lowest BCUT2D eigenvalue weighted by molar-refractivity contribution is -0.126. The fourth-order valence-electron chi connectivity index (χ4n) is 1.97. The molecule has 0 spiro atoms. The molecule has 5 nitrogen and oxygen atoms in total. The van der Waals surface area contributed by atoms with E-state index in [0.717, 1.165) is 11.3 Å².